The largest absolute Gasteiger partial charge is 0.481 e. The second-order valence-corrected chi connectivity index (χ2v) is 5.76. The van der Waals surface area contributed by atoms with E-state index in [0.29, 0.717) is 6.42 Å². The number of amides is 1. The zero-order valence-electron chi connectivity index (χ0n) is 11.6. The van der Waals surface area contributed by atoms with Gasteiger partial charge in [0.15, 0.2) is 0 Å². The third-order valence-electron chi connectivity index (χ3n) is 4.21. The van der Waals surface area contributed by atoms with Crippen molar-refractivity contribution in [2.45, 2.75) is 45.1 Å². The number of hydrogen-bond donors (Lipinski definition) is 2. The number of hydrogen-bond acceptors (Lipinski definition) is 3. The molecule has 2 unspecified atom stereocenters. The van der Waals surface area contributed by atoms with Crippen LogP contribution in [0.15, 0.2) is 0 Å². The third-order valence-corrected chi connectivity index (χ3v) is 4.21. The number of likely N-dealkylation sites (tertiary alicyclic amines) is 1. The summed E-state index contributed by atoms with van der Waals surface area (Å²) in [6.45, 7) is 5.43. The van der Waals surface area contributed by atoms with E-state index >= 15 is 0 Å². The Morgan fingerprint density at radius 3 is 2.47 bits per heavy atom. The van der Waals surface area contributed by atoms with Gasteiger partial charge in [-0.1, -0.05) is 13.3 Å². The predicted molar refractivity (Wildman–Crippen MR) is 71.7 cm³/mol. The summed E-state index contributed by atoms with van der Waals surface area (Å²) in [5.41, 5.74) is 0. The molecule has 2 atom stereocenters. The molecule has 2 aliphatic rings. The average Bonchev–Trinajstić information content (AvgIpc) is 3.18. The summed E-state index contributed by atoms with van der Waals surface area (Å²) in [6, 6.07) is 0.237. The first-order chi connectivity index (χ1) is 9.11. The number of carbonyl (C=O) groups excluding carboxylic acids is 1. The van der Waals surface area contributed by atoms with Crippen LogP contribution in [0.1, 0.15) is 39.0 Å². The van der Waals surface area contributed by atoms with E-state index in [1.807, 2.05) is 0 Å². The van der Waals surface area contributed by atoms with Gasteiger partial charge < -0.3 is 15.3 Å². The maximum Gasteiger partial charge on any atom is 0.307 e. The van der Waals surface area contributed by atoms with Crippen LogP contribution in [0, 0.1) is 11.8 Å². The summed E-state index contributed by atoms with van der Waals surface area (Å²) in [5, 5.41) is 11.8. The molecule has 2 N–H and O–H groups in total. The highest BCUT2D eigenvalue weighted by Crippen LogP contribution is 2.38. The minimum atomic E-state index is -0.838. The SMILES string of the molecule is CCCCN1CCC(NC(=O)C2CC2C(=O)O)CC1. The fourth-order valence-corrected chi connectivity index (χ4v) is 2.75. The first-order valence-corrected chi connectivity index (χ1v) is 7.37. The van der Waals surface area contributed by atoms with Gasteiger partial charge in [0.1, 0.15) is 0 Å². The van der Waals surface area contributed by atoms with Gasteiger partial charge in [-0.2, -0.15) is 0 Å². The zero-order chi connectivity index (χ0) is 13.8. The van der Waals surface area contributed by atoms with Crippen molar-refractivity contribution in [3.63, 3.8) is 0 Å². The molecule has 0 aromatic rings. The van der Waals surface area contributed by atoms with E-state index in [1.165, 1.54) is 12.8 Å². The Hall–Kier alpha value is -1.10. The van der Waals surface area contributed by atoms with Crippen LogP contribution in [0.3, 0.4) is 0 Å². The van der Waals surface area contributed by atoms with E-state index < -0.39 is 11.9 Å². The Bertz CT molecular complexity index is 338. The smallest absolute Gasteiger partial charge is 0.307 e. The van der Waals surface area contributed by atoms with Gasteiger partial charge in [0, 0.05) is 19.1 Å². The number of piperidine rings is 1. The molecule has 1 aliphatic heterocycles. The molecule has 2 rings (SSSR count). The molecular weight excluding hydrogens is 244 g/mol. The van der Waals surface area contributed by atoms with Crippen molar-refractivity contribution in [1.82, 2.24) is 10.2 Å². The molecule has 1 heterocycles. The molecule has 0 radical (unpaired) electrons. The molecule has 19 heavy (non-hydrogen) atoms. The summed E-state index contributed by atoms with van der Waals surface area (Å²) < 4.78 is 0. The van der Waals surface area contributed by atoms with Crippen molar-refractivity contribution in [3.8, 4) is 0 Å². The zero-order valence-corrected chi connectivity index (χ0v) is 11.6. The van der Waals surface area contributed by atoms with Gasteiger partial charge in [-0.25, -0.2) is 0 Å². The first kappa shape index (κ1) is 14.3. The second-order valence-electron chi connectivity index (χ2n) is 5.76. The van der Waals surface area contributed by atoms with Gasteiger partial charge in [-0.15, -0.1) is 0 Å². The van der Waals surface area contributed by atoms with Crippen LogP contribution in [-0.4, -0.2) is 47.6 Å². The van der Waals surface area contributed by atoms with Gasteiger partial charge in [0.05, 0.1) is 11.8 Å². The molecule has 5 nitrogen and oxygen atoms in total. The number of nitrogens with zero attached hydrogens (tertiary/aromatic N) is 1. The number of carboxylic acid groups (broad SMARTS) is 1. The van der Waals surface area contributed by atoms with Crippen LogP contribution < -0.4 is 5.32 Å². The van der Waals surface area contributed by atoms with E-state index in [-0.39, 0.29) is 17.9 Å². The van der Waals surface area contributed by atoms with Crippen LogP contribution in [-0.2, 0) is 9.59 Å². The quantitative estimate of drug-likeness (QED) is 0.756. The Morgan fingerprint density at radius 1 is 1.26 bits per heavy atom. The number of carbonyl (C=O) groups is 2. The summed E-state index contributed by atoms with van der Waals surface area (Å²) >= 11 is 0. The normalized spacial score (nSPS) is 28.1. The van der Waals surface area contributed by atoms with Gasteiger partial charge in [-0.05, 0) is 32.2 Å². The number of rotatable bonds is 6. The van der Waals surface area contributed by atoms with Crippen molar-refractivity contribution in [2.24, 2.45) is 11.8 Å². The summed E-state index contributed by atoms with van der Waals surface area (Å²) in [6.07, 6.45) is 4.94. The molecule has 0 aromatic carbocycles. The molecular formula is C14H24N2O3. The fraction of sp³-hybridized carbons (Fsp3) is 0.857. The van der Waals surface area contributed by atoms with Crippen molar-refractivity contribution < 1.29 is 14.7 Å². The molecule has 108 valence electrons. The third kappa shape index (κ3) is 3.93. The molecule has 5 heteroatoms. The molecule has 0 bridgehead atoms. The topological polar surface area (TPSA) is 69.6 Å². The molecule has 0 aromatic heterocycles. The maximum atomic E-state index is 11.9. The van der Waals surface area contributed by atoms with Crippen LogP contribution in [0.25, 0.3) is 0 Å². The van der Waals surface area contributed by atoms with Crippen molar-refractivity contribution in [3.05, 3.63) is 0 Å². The Morgan fingerprint density at radius 2 is 1.95 bits per heavy atom. The van der Waals surface area contributed by atoms with E-state index in [0.717, 1.165) is 32.5 Å². The number of carboxylic acids is 1. The van der Waals surface area contributed by atoms with Gasteiger partial charge in [0.25, 0.3) is 0 Å². The van der Waals surface area contributed by atoms with Gasteiger partial charge >= 0.3 is 5.97 Å². The monoisotopic (exact) mass is 268 g/mol. The highest BCUT2D eigenvalue weighted by Gasteiger charge is 2.48. The lowest BCUT2D eigenvalue weighted by molar-refractivity contribution is -0.140. The van der Waals surface area contributed by atoms with Crippen molar-refractivity contribution in [2.75, 3.05) is 19.6 Å². The predicted octanol–water partition coefficient (Wildman–Crippen LogP) is 1.09. The molecule has 1 amide bonds. The van der Waals surface area contributed by atoms with Crippen LogP contribution in [0.2, 0.25) is 0 Å². The lowest BCUT2D eigenvalue weighted by atomic mass is 10.0. The number of unbranched alkanes of at least 4 members (excludes halogenated alkanes) is 1. The molecule has 0 spiro atoms. The minimum Gasteiger partial charge on any atom is -0.481 e. The maximum absolute atomic E-state index is 11.9. The summed E-state index contributed by atoms with van der Waals surface area (Å²) in [7, 11) is 0. The molecule has 2 fully saturated rings. The summed E-state index contributed by atoms with van der Waals surface area (Å²) in [5.74, 6) is -1.62. The fourth-order valence-electron chi connectivity index (χ4n) is 2.75. The first-order valence-electron chi connectivity index (χ1n) is 7.37. The Balaban J connectivity index is 1.66. The van der Waals surface area contributed by atoms with Crippen LogP contribution in [0.4, 0.5) is 0 Å². The second kappa shape index (κ2) is 6.37. The lowest BCUT2D eigenvalue weighted by Gasteiger charge is -2.32. The molecule has 1 aliphatic carbocycles. The number of aliphatic carboxylic acids is 1. The number of nitrogens with one attached hydrogen (secondary N) is 1. The Labute approximate surface area is 114 Å². The van der Waals surface area contributed by atoms with Crippen LogP contribution >= 0.6 is 0 Å². The summed E-state index contributed by atoms with van der Waals surface area (Å²) in [4.78, 5) is 25.0. The van der Waals surface area contributed by atoms with Gasteiger partial charge in [-0.3, -0.25) is 9.59 Å². The van der Waals surface area contributed by atoms with E-state index in [4.69, 9.17) is 5.11 Å². The van der Waals surface area contributed by atoms with E-state index in [1.54, 1.807) is 0 Å². The highest BCUT2D eigenvalue weighted by molar-refractivity contribution is 5.89. The van der Waals surface area contributed by atoms with Crippen molar-refractivity contribution in [1.29, 1.82) is 0 Å². The minimum absolute atomic E-state index is 0.0561. The van der Waals surface area contributed by atoms with Gasteiger partial charge in [0.2, 0.25) is 5.91 Å². The van der Waals surface area contributed by atoms with Crippen molar-refractivity contribution >= 4 is 11.9 Å². The standard InChI is InChI=1S/C14H24N2O3/c1-2-3-6-16-7-4-10(5-8-16)15-13(17)11-9-12(11)14(18)19/h10-12H,2-9H2,1H3,(H,15,17)(H,18,19). The Kier molecular flexibility index (Phi) is 4.80. The average molecular weight is 268 g/mol. The molecule has 1 saturated heterocycles. The van der Waals surface area contributed by atoms with E-state index in [9.17, 15) is 9.59 Å². The lowest BCUT2D eigenvalue weighted by Crippen LogP contribution is -2.45. The van der Waals surface area contributed by atoms with Crippen LogP contribution in [0.5, 0.6) is 0 Å². The highest BCUT2D eigenvalue weighted by atomic mass is 16.4. The van der Waals surface area contributed by atoms with E-state index in [2.05, 4.69) is 17.1 Å². The molecule has 1 saturated carbocycles.